The Bertz CT molecular complexity index is 1110. The normalized spacial score (nSPS) is 25.1. The first-order valence-electron chi connectivity index (χ1n) is 13.7. The summed E-state index contributed by atoms with van der Waals surface area (Å²) in [4.78, 5) is 55.0. The Hall–Kier alpha value is -3.57. The van der Waals surface area contributed by atoms with E-state index in [1.165, 1.54) is 12.2 Å². The number of nitrogens with zero attached hydrogens (tertiary/aromatic N) is 1. The molecule has 0 aliphatic carbocycles. The number of nitrogens with two attached hydrogens (primary N) is 1. The number of carbonyl (C=O) groups is 4. The van der Waals surface area contributed by atoms with Crippen LogP contribution in [0.1, 0.15) is 69.8 Å². The van der Waals surface area contributed by atoms with E-state index in [1.807, 2.05) is 20.8 Å². The minimum absolute atomic E-state index is 0.0276. The quantitative estimate of drug-likeness (QED) is 0.312. The molecule has 2 heterocycles. The van der Waals surface area contributed by atoms with E-state index < -0.39 is 30.1 Å². The van der Waals surface area contributed by atoms with Crippen LogP contribution in [0, 0.1) is 11.8 Å². The van der Waals surface area contributed by atoms with E-state index in [4.69, 9.17) is 14.9 Å². The molecule has 0 fully saturated rings. The lowest BCUT2D eigenvalue weighted by atomic mass is 9.94. The number of carbonyl (C=O) groups excluding carboxylic acids is 4. The standard InChI is InChI=1S/C29H42N4O7/c1-18(2)27-20(4)10-11-25(36)31-13-7-8-19(3)14-21(34)15-22(35)16-26-32-24(17-39-26)28(37)33-23(29(38)40-27)9-5-6-12-30/h7-8,10-11,14,17-18,20-21,23,27,34H,5-6,9,12-13,15-16,30H2,1-4H3,(H,31,36)(H,33,37)/b8-7?,11-10+,19-14?/t20-,21-,23-,27-/m1/s1. The minimum Gasteiger partial charge on any atom is -0.460 e. The number of hydrogen-bond acceptors (Lipinski definition) is 9. The van der Waals surface area contributed by atoms with Crippen LogP contribution in [0.15, 0.2) is 46.6 Å². The third-order valence-electron chi connectivity index (χ3n) is 6.32. The molecule has 2 amide bonds. The molecule has 0 unspecified atom stereocenters. The highest BCUT2D eigenvalue weighted by atomic mass is 16.5. The highest BCUT2D eigenvalue weighted by molar-refractivity contribution is 5.95. The maximum absolute atomic E-state index is 13.2. The molecule has 1 aliphatic heterocycles. The van der Waals surface area contributed by atoms with Gasteiger partial charge in [-0.3, -0.25) is 14.4 Å². The second-order valence-electron chi connectivity index (χ2n) is 10.3. The van der Waals surface area contributed by atoms with E-state index in [-0.39, 0.29) is 54.5 Å². The summed E-state index contributed by atoms with van der Waals surface area (Å²) in [6.07, 6.45) is 8.82. The zero-order valence-electron chi connectivity index (χ0n) is 23.7. The topological polar surface area (TPSA) is 174 Å². The van der Waals surface area contributed by atoms with Gasteiger partial charge in [-0.25, -0.2) is 9.78 Å². The first-order chi connectivity index (χ1) is 19.0. The van der Waals surface area contributed by atoms with Gasteiger partial charge in [0.2, 0.25) is 11.8 Å². The van der Waals surface area contributed by atoms with Crippen LogP contribution in [0.3, 0.4) is 0 Å². The lowest BCUT2D eigenvalue weighted by Gasteiger charge is -2.28. The average Bonchev–Trinajstić information content (AvgIpc) is 3.35. The maximum atomic E-state index is 13.2. The van der Waals surface area contributed by atoms with Crippen LogP contribution in [-0.4, -0.2) is 65.0 Å². The fourth-order valence-corrected chi connectivity index (χ4v) is 4.24. The summed E-state index contributed by atoms with van der Waals surface area (Å²) >= 11 is 0. The van der Waals surface area contributed by atoms with Crippen LogP contribution in [-0.2, 0) is 25.5 Å². The molecule has 0 saturated carbocycles. The molecule has 0 radical (unpaired) electrons. The Kier molecular flexibility index (Phi) is 13.5. The number of aromatic nitrogens is 1. The van der Waals surface area contributed by atoms with Gasteiger partial charge in [-0.1, -0.05) is 50.6 Å². The van der Waals surface area contributed by atoms with Gasteiger partial charge in [0.25, 0.3) is 5.91 Å². The fourth-order valence-electron chi connectivity index (χ4n) is 4.24. The summed E-state index contributed by atoms with van der Waals surface area (Å²) in [6.45, 7) is 8.14. The number of hydrogen-bond donors (Lipinski definition) is 4. The van der Waals surface area contributed by atoms with Crippen molar-refractivity contribution in [3.8, 4) is 0 Å². The average molecular weight is 559 g/mol. The van der Waals surface area contributed by atoms with E-state index in [0.717, 1.165) is 11.8 Å². The molecule has 1 aliphatic rings. The molecule has 2 rings (SSSR count). The number of amides is 2. The van der Waals surface area contributed by atoms with Gasteiger partial charge >= 0.3 is 5.97 Å². The van der Waals surface area contributed by atoms with E-state index in [1.54, 1.807) is 25.2 Å². The van der Waals surface area contributed by atoms with Gasteiger partial charge in [-0.2, -0.15) is 0 Å². The number of ether oxygens (including phenoxy) is 1. The second-order valence-corrected chi connectivity index (χ2v) is 10.3. The summed E-state index contributed by atoms with van der Waals surface area (Å²) in [5.74, 6) is -2.21. The first-order valence-corrected chi connectivity index (χ1v) is 13.7. The largest absolute Gasteiger partial charge is 0.460 e. The van der Waals surface area contributed by atoms with E-state index >= 15 is 0 Å². The number of cyclic esters (lactones) is 1. The predicted octanol–water partition coefficient (Wildman–Crippen LogP) is 2.16. The molecule has 0 saturated heterocycles. The molecule has 2 bridgehead atoms. The number of rotatable bonds is 5. The Morgan fingerprint density at radius 1 is 1.18 bits per heavy atom. The number of allylic oxidation sites excluding steroid dienone is 2. The number of ketones is 1. The lowest BCUT2D eigenvalue weighted by Crippen LogP contribution is -2.44. The van der Waals surface area contributed by atoms with Gasteiger partial charge in [0.1, 0.15) is 24.2 Å². The van der Waals surface area contributed by atoms with Crippen molar-refractivity contribution in [2.24, 2.45) is 17.6 Å². The van der Waals surface area contributed by atoms with Crippen LogP contribution in [0.2, 0.25) is 0 Å². The minimum atomic E-state index is -1.02. The molecular weight excluding hydrogens is 516 g/mol. The van der Waals surface area contributed by atoms with Crippen molar-refractivity contribution in [1.29, 1.82) is 0 Å². The summed E-state index contributed by atoms with van der Waals surface area (Å²) in [5.41, 5.74) is 6.24. The molecule has 1 aromatic heterocycles. The number of fused-ring (bicyclic) bond motifs is 2. The number of Topliss-reactive ketones (excluding diaryl/α,β-unsaturated/α-hetero) is 1. The number of oxazole rings is 1. The Labute approximate surface area is 235 Å². The van der Waals surface area contributed by atoms with Crippen molar-refractivity contribution in [3.05, 3.63) is 53.8 Å². The smallest absolute Gasteiger partial charge is 0.328 e. The molecule has 40 heavy (non-hydrogen) atoms. The summed E-state index contributed by atoms with van der Waals surface area (Å²) in [6, 6.07) is -0.958. The van der Waals surface area contributed by atoms with Crippen molar-refractivity contribution in [1.82, 2.24) is 15.6 Å². The number of esters is 1. The van der Waals surface area contributed by atoms with Crippen LogP contribution in [0.4, 0.5) is 0 Å². The molecular formula is C29H42N4O7. The van der Waals surface area contributed by atoms with Crippen molar-refractivity contribution >= 4 is 23.6 Å². The van der Waals surface area contributed by atoms with Gasteiger partial charge < -0.3 is 30.6 Å². The molecule has 0 aromatic carbocycles. The fraction of sp³-hybridized carbons (Fsp3) is 0.552. The summed E-state index contributed by atoms with van der Waals surface area (Å²) < 4.78 is 11.2. The number of aliphatic hydroxyl groups excluding tert-OH is 1. The lowest BCUT2D eigenvalue weighted by molar-refractivity contribution is -0.156. The number of aliphatic hydroxyl groups is 1. The van der Waals surface area contributed by atoms with Gasteiger partial charge in [0, 0.05) is 18.9 Å². The van der Waals surface area contributed by atoms with Crippen molar-refractivity contribution in [2.75, 3.05) is 13.1 Å². The first kappa shape index (κ1) is 32.6. The maximum Gasteiger partial charge on any atom is 0.328 e. The summed E-state index contributed by atoms with van der Waals surface area (Å²) in [5, 5.41) is 15.7. The van der Waals surface area contributed by atoms with Gasteiger partial charge in [-0.05, 0) is 44.7 Å². The van der Waals surface area contributed by atoms with Gasteiger partial charge in [0.05, 0.1) is 12.5 Å². The zero-order chi connectivity index (χ0) is 29.7. The monoisotopic (exact) mass is 558 g/mol. The SMILES string of the molecule is CC1=C[C@@H](O)CC(=O)Cc2nc(co2)C(=O)N[C@H](CCCCN)C(=O)O[C@H](C(C)C)[C@H](C)/C=C/C(=O)NCC=C1. The van der Waals surface area contributed by atoms with Crippen molar-refractivity contribution < 1.29 is 33.4 Å². The molecule has 4 atom stereocenters. The second kappa shape index (κ2) is 16.5. The molecule has 5 N–H and O–H groups in total. The van der Waals surface area contributed by atoms with Crippen LogP contribution in [0.25, 0.3) is 0 Å². The number of unbranched alkanes of at least 4 members (excludes halogenated alkanes) is 1. The molecule has 0 spiro atoms. The van der Waals surface area contributed by atoms with Crippen molar-refractivity contribution in [2.45, 2.75) is 78.0 Å². The van der Waals surface area contributed by atoms with Crippen LogP contribution in [0.5, 0.6) is 0 Å². The van der Waals surface area contributed by atoms with Crippen molar-refractivity contribution in [3.63, 3.8) is 0 Å². The highest BCUT2D eigenvalue weighted by Gasteiger charge is 2.30. The highest BCUT2D eigenvalue weighted by Crippen LogP contribution is 2.20. The molecule has 11 heteroatoms. The Morgan fingerprint density at radius 3 is 2.62 bits per heavy atom. The number of nitrogens with one attached hydrogen (secondary N) is 2. The summed E-state index contributed by atoms with van der Waals surface area (Å²) in [7, 11) is 0. The molecule has 11 nitrogen and oxygen atoms in total. The van der Waals surface area contributed by atoms with Gasteiger partial charge in [0.15, 0.2) is 5.69 Å². The third kappa shape index (κ3) is 11.3. The van der Waals surface area contributed by atoms with Crippen LogP contribution < -0.4 is 16.4 Å². The predicted molar refractivity (Wildman–Crippen MR) is 149 cm³/mol. The zero-order valence-corrected chi connectivity index (χ0v) is 23.7. The van der Waals surface area contributed by atoms with E-state index in [2.05, 4.69) is 15.6 Å². The molecule has 220 valence electrons. The van der Waals surface area contributed by atoms with E-state index in [0.29, 0.717) is 25.8 Å². The van der Waals surface area contributed by atoms with E-state index in [9.17, 15) is 24.3 Å². The Morgan fingerprint density at radius 2 is 1.93 bits per heavy atom. The van der Waals surface area contributed by atoms with Gasteiger partial charge in [-0.15, -0.1) is 0 Å². The van der Waals surface area contributed by atoms with Crippen LogP contribution >= 0.6 is 0 Å². The third-order valence-corrected chi connectivity index (χ3v) is 6.32. The Balaban J connectivity index is 2.33. The molecule has 1 aromatic rings.